The standard InChI is InChI=1S/C17H19N3/c1-12(20(2)3)13-5-4-6-14(9-13)15-7-8-16-17(10-15)19-11-18-16/h4-12H,1-3H3,(H,18,19). The van der Waals surface area contributed by atoms with E-state index in [2.05, 4.69) is 78.4 Å². The molecule has 0 fully saturated rings. The molecule has 20 heavy (non-hydrogen) atoms. The van der Waals surface area contributed by atoms with E-state index in [1.54, 1.807) is 6.33 Å². The second-order valence-corrected chi connectivity index (χ2v) is 5.40. The van der Waals surface area contributed by atoms with Crippen molar-refractivity contribution in [3.05, 3.63) is 54.4 Å². The summed E-state index contributed by atoms with van der Waals surface area (Å²) in [5.41, 5.74) is 5.87. The molecule has 3 rings (SSSR count). The molecule has 0 amide bonds. The lowest BCUT2D eigenvalue weighted by atomic mass is 9.99. The number of rotatable bonds is 3. The van der Waals surface area contributed by atoms with Gasteiger partial charge in [-0.15, -0.1) is 0 Å². The van der Waals surface area contributed by atoms with Gasteiger partial charge in [0.15, 0.2) is 0 Å². The van der Waals surface area contributed by atoms with E-state index in [0.29, 0.717) is 6.04 Å². The predicted octanol–water partition coefficient (Wildman–Crippen LogP) is 3.85. The molecule has 0 aliphatic heterocycles. The second kappa shape index (κ2) is 5.10. The Morgan fingerprint density at radius 3 is 2.65 bits per heavy atom. The maximum atomic E-state index is 4.26. The Labute approximate surface area is 119 Å². The van der Waals surface area contributed by atoms with Gasteiger partial charge in [-0.2, -0.15) is 0 Å². The van der Waals surface area contributed by atoms with E-state index in [-0.39, 0.29) is 0 Å². The molecule has 1 heterocycles. The molecule has 1 atom stereocenters. The molecule has 3 heteroatoms. The smallest absolute Gasteiger partial charge is 0.0931 e. The SMILES string of the molecule is CC(c1cccc(-c2ccc3nc[nH]c3c2)c1)N(C)C. The number of hydrogen-bond acceptors (Lipinski definition) is 2. The van der Waals surface area contributed by atoms with Crippen LogP contribution in [0.15, 0.2) is 48.8 Å². The van der Waals surface area contributed by atoms with Crippen molar-refractivity contribution < 1.29 is 0 Å². The van der Waals surface area contributed by atoms with Crippen molar-refractivity contribution in [1.82, 2.24) is 14.9 Å². The van der Waals surface area contributed by atoms with Crippen molar-refractivity contribution in [3.63, 3.8) is 0 Å². The number of benzene rings is 2. The van der Waals surface area contributed by atoms with Crippen LogP contribution >= 0.6 is 0 Å². The van der Waals surface area contributed by atoms with Crippen LogP contribution < -0.4 is 0 Å². The number of nitrogens with zero attached hydrogens (tertiary/aromatic N) is 2. The Balaban J connectivity index is 2.03. The van der Waals surface area contributed by atoms with E-state index in [4.69, 9.17) is 0 Å². The van der Waals surface area contributed by atoms with Crippen LogP contribution in [0.25, 0.3) is 22.2 Å². The summed E-state index contributed by atoms with van der Waals surface area (Å²) in [7, 11) is 4.21. The quantitative estimate of drug-likeness (QED) is 0.780. The van der Waals surface area contributed by atoms with Gasteiger partial charge in [-0.3, -0.25) is 0 Å². The normalized spacial score (nSPS) is 13.0. The summed E-state index contributed by atoms with van der Waals surface area (Å²) >= 11 is 0. The van der Waals surface area contributed by atoms with E-state index in [0.717, 1.165) is 11.0 Å². The monoisotopic (exact) mass is 265 g/mol. The molecule has 0 aliphatic rings. The Morgan fingerprint density at radius 2 is 1.85 bits per heavy atom. The zero-order valence-electron chi connectivity index (χ0n) is 12.1. The van der Waals surface area contributed by atoms with Gasteiger partial charge in [0.1, 0.15) is 0 Å². The molecule has 1 unspecified atom stereocenters. The maximum absolute atomic E-state index is 4.26. The molecule has 0 saturated heterocycles. The minimum Gasteiger partial charge on any atom is -0.345 e. The van der Waals surface area contributed by atoms with Crippen molar-refractivity contribution in [3.8, 4) is 11.1 Å². The fourth-order valence-corrected chi connectivity index (χ4v) is 2.39. The topological polar surface area (TPSA) is 31.9 Å². The van der Waals surface area contributed by atoms with Gasteiger partial charge in [0.05, 0.1) is 17.4 Å². The van der Waals surface area contributed by atoms with Crippen molar-refractivity contribution >= 4 is 11.0 Å². The van der Waals surface area contributed by atoms with Crippen LogP contribution in [0, 0.1) is 0 Å². The summed E-state index contributed by atoms with van der Waals surface area (Å²) in [6.45, 7) is 2.22. The highest BCUT2D eigenvalue weighted by Gasteiger charge is 2.09. The number of fused-ring (bicyclic) bond motifs is 1. The molecule has 102 valence electrons. The highest BCUT2D eigenvalue weighted by molar-refractivity contribution is 5.81. The van der Waals surface area contributed by atoms with E-state index in [1.807, 2.05) is 0 Å². The van der Waals surface area contributed by atoms with Crippen molar-refractivity contribution in [1.29, 1.82) is 0 Å². The molecule has 1 N–H and O–H groups in total. The minimum atomic E-state index is 0.408. The fourth-order valence-electron chi connectivity index (χ4n) is 2.39. The minimum absolute atomic E-state index is 0.408. The van der Waals surface area contributed by atoms with Gasteiger partial charge < -0.3 is 9.88 Å². The van der Waals surface area contributed by atoms with Gasteiger partial charge >= 0.3 is 0 Å². The second-order valence-electron chi connectivity index (χ2n) is 5.40. The lowest BCUT2D eigenvalue weighted by Crippen LogP contribution is -2.16. The number of aromatic amines is 1. The van der Waals surface area contributed by atoms with Gasteiger partial charge in [0.2, 0.25) is 0 Å². The maximum Gasteiger partial charge on any atom is 0.0931 e. The van der Waals surface area contributed by atoms with Gasteiger partial charge in [0.25, 0.3) is 0 Å². The summed E-state index contributed by atoms with van der Waals surface area (Å²) in [6, 6.07) is 15.5. The van der Waals surface area contributed by atoms with Crippen LogP contribution in [0.3, 0.4) is 0 Å². The molecule has 0 aliphatic carbocycles. The third-order valence-electron chi connectivity index (χ3n) is 3.90. The third kappa shape index (κ3) is 2.32. The molecule has 0 bridgehead atoms. The molecule has 3 nitrogen and oxygen atoms in total. The summed E-state index contributed by atoms with van der Waals surface area (Å²) in [5, 5.41) is 0. The molecule has 2 aromatic carbocycles. The first kappa shape index (κ1) is 12.9. The number of imidazole rings is 1. The number of hydrogen-bond donors (Lipinski definition) is 1. The Bertz CT molecular complexity index is 728. The van der Waals surface area contributed by atoms with Crippen LogP contribution in [0.2, 0.25) is 0 Å². The van der Waals surface area contributed by atoms with E-state index in [9.17, 15) is 0 Å². The first-order valence-electron chi connectivity index (χ1n) is 6.85. The average molecular weight is 265 g/mol. The van der Waals surface area contributed by atoms with Crippen LogP contribution in [-0.2, 0) is 0 Å². The average Bonchev–Trinajstić information content (AvgIpc) is 2.93. The van der Waals surface area contributed by atoms with Crippen molar-refractivity contribution in [2.75, 3.05) is 14.1 Å². The van der Waals surface area contributed by atoms with E-state index in [1.165, 1.54) is 16.7 Å². The lowest BCUT2D eigenvalue weighted by molar-refractivity contribution is 0.321. The lowest BCUT2D eigenvalue weighted by Gasteiger charge is -2.20. The van der Waals surface area contributed by atoms with Crippen LogP contribution in [-0.4, -0.2) is 29.0 Å². The van der Waals surface area contributed by atoms with Crippen LogP contribution in [0.5, 0.6) is 0 Å². The molecule has 1 aromatic heterocycles. The largest absolute Gasteiger partial charge is 0.345 e. The highest BCUT2D eigenvalue weighted by Crippen LogP contribution is 2.26. The molecule has 0 spiro atoms. The molecule has 0 saturated carbocycles. The van der Waals surface area contributed by atoms with E-state index < -0.39 is 0 Å². The van der Waals surface area contributed by atoms with Gasteiger partial charge in [0, 0.05) is 6.04 Å². The zero-order valence-corrected chi connectivity index (χ0v) is 12.1. The highest BCUT2D eigenvalue weighted by atomic mass is 15.1. The van der Waals surface area contributed by atoms with Crippen molar-refractivity contribution in [2.45, 2.75) is 13.0 Å². The summed E-state index contributed by atoms with van der Waals surface area (Å²) in [5.74, 6) is 0. The first-order chi connectivity index (χ1) is 9.65. The van der Waals surface area contributed by atoms with Crippen molar-refractivity contribution in [2.24, 2.45) is 0 Å². The van der Waals surface area contributed by atoms with Gasteiger partial charge in [-0.1, -0.05) is 24.3 Å². The molecule has 3 aromatic rings. The van der Waals surface area contributed by atoms with Crippen LogP contribution in [0.1, 0.15) is 18.5 Å². The van der Waals surface area contributed by atoms with Crippen LogP contribution in [0.4, 0.5) is 0 Å². The zero-order chi connectivity index (χ0) is 14.1. The summed E-state index contributed by atoms with van der Waals surface area (Å²) in [4.78, 5) is 9.65. The van der Waals surface area contributed by atoms with Gasteiger partial charge in [-0.05, 0) is 55.9 Å². The Hall–Kier alpha value is -2.13. The molecular formula is C17H19N3. The number of aromatic nitrogens is 2. The van der Waals surface area contributed by atoms with E-state index >= 15 is 0 Å². The Morgan fingerprint density at radius 1 is 1.05 bits per heavy atom. The predicted molar refractivity (Wildman–Crippen MR) is 83.6 cm³/mol. The number of nitrogens with one attached hydrogen (secondary N) is 1. The van der Waals surface area contributed by atoms with Gasteiger partial charge in [-0.25, -0.2) is 4.98 Å². The number of H-pyrrole nitrogens is 1. The molecule has 0 radical (unpaired) electrons. The third-order valence-corrected chi connectivity index (χ3v) is 3.90. The fraction of sp³-hybridized carbons (Fsp3) is 0.235. The summed E-state index contributed by atoms with van der Waals surface area (Å²) in [6.07, 6.45) is 1.74. The Kier molecular flexibility index (Phi) is 3.28. The first-order valence-corrected chi connectivity index (χ1v) is 6.85. The summed E-state index contributed by atoms with van der Waals surface area (Å²) < 4.78 is 0. The molecular weight excluding hydrogens is 246 g/mol.